The van der Waals surface area contributed by atoms with Crippen LogP contribution < -0.4 is 5.73 Å². The number of rotatable bonds is 3. The van der Waals surface area contributed by atoms with Crippen molar-refractivity contribution in [1.29, 1.82) is 0 Å². The molecule has 1 fully saturated rings. The highest BCUT2D eigenvalue weighted by molar-refractivity contribution is 7.09. The number of nitrogens with zero attached hydrogens (tertiary/aromatic N) is 2. The van der Waals surface area contributed by atoms with E-state index in [2.05, 4.69) is 18.8 Å². The second-order valence-electron chi connectivity index (χ2n) is 5.31. The van der Waals surface area contributed by atoms with Gasteiger partial charge in [0, 0.05) is 18.0 Å². The molecule has 0 bridgehead atoms. The maximum atomic E-state index is 12.4. The third kappa shape index (κ3) is 2.57. The summed E-state index contributed by atoms with van der Waals surface area (Å²) in [6.45, 7) is 7.09. The van der Waals surface area contributed by atoms with E-state index >= 15 is 0 Å². The molecule has 1 aromatic heterocycles. The number of hydrogen-bond donors (Lipinski definition) is 1. The molecule has 1 aliphatic heterocycles. The lowest BCUT2D eigenvalue weighted by Crippen LogP contribution is -2.38. The minimum Gasteiger partial charge on any atom is -0.334 e. The van der Waals surface area contributed by atoms with Crippen molar-refractivity contribution in [1.82, 2.24) is 9.88 Å². The second kappa shape index (κ2) is 5.36. The van der Waals surface area contributed by atoms with Crippen LogP contribution in [0.3, 0.4) is 0 Å². The second-order valence-corrected chi connectivity index (χ2v) is 6.20. The van der Waals surface area contributed by atoms with Crippen molar-refractivity contribution < 1.29 is 4.79 Å². The summed E-state index contributed by atoms with van der Waals surface area (Å²) in [4.78, 5) is 18.8. The Labute approximate surface area is 112 Å². The van der Waals surface area contributed by atoms with Crippen LogP contribution in [0, 0.1) is 5.92 Å². The molecule has 0 radical (unpaired) electrons. The van der Waals surface area contributed by atoms with E-state index in [1.807, 2.05) is 17.2 Å². The zero-order chi connectivity index (χ0) is 13.3. The Kier molecular flexibility index (Phi) is 4.02. The molecule has 0 aromatic carbocycles. The topological polar surface area (TPSA) is 59.2 Å². The third-order valence-corrected chi connectivity index (χ3v) is 4.51. The van der Waals surface area contributed by atoms with Crippen LogP contribution in [0.2, 0.25) is 0 Å². The fourth-order valence-corrected chi connectivity index (χ4v) is 3.23. The van der Waals surface area contributed by atoms with E-state index in [1.54, 1.807) is 0 Å². The number of aromatic nitrogens is 1. The van der Waals surface area contributed by atoms with Crippen LogP contribution in [-0.2, 0) is 0 Å². The van der Waals surface area contributed by atoms with E-state index in [0.717, 1.165) is 24.4 Å². The van der Waals surface area contributed by atoms with Gasteiger partial charge in [-0.1, -0.05) is 13.8 Å². The SMILES string of the molecule is CC(N)c1nc(C(=O)N2CCCC2C(C)C)cs1. The summed E-state index contributed by atoms with van der Waals surface area (Å²) in [5.41, 5.74) is 6.33. The maximum Gasteiger partial charge on any atom is 0.273 e. The number of thiazole rings is 1. The largest absolute Gasteiger partial charge is 0.334 e. The molecule has 4 nitrogen and oxygen atoms in total. The first kappa shape index (κ1) is 13.5. The minimum atomic E-state index is -0.101. The highest BCUT2D eigenvalue weighted by atomic mass is 32.1. The summed E-state index contributed by atoms with van der Waals surface area (Å²) >= 11 is 1.47. The summed E-state index contributed by atoms with van der Waals surface area (Å²) in [6.07, 6.45) is 2.20. The first-order valence-electron chi connectivity index (χ1n) is 6.52. The van der Waals surface area contributed by atoms with Crippen molar-refractivity contribution in [2.45, 2.75) is 45.7 Å². The van der Waals surface area contributed by atoms with Gasteiger partial charge in [-0.3, -0.25) is 4.79 Å². The summed E-state index contributed by atoms with van der Waals surface area (Å²) < 4.78 is 0. The number of nitrogens with two attached hydrogens (primary N) is 1. The molecular weight excluding hydrogens is 246 g/mol. The third-order valence-electron chi connectivity index (χ3n) is 3.46. The number of carbonyl (C=O) groups excluding carboxylic acids is 1. The summed E-state index contributed by atoms with van der Waals surface area (Å²) in [5.74, 6) is 0.567. The smallest absolute Gasteiger partial charge is 0.273 e. The van der Waals surface area contributed by atoms with Gasteiger partial charge in [-0.2, -0.15) is 0 Å². The van der Waals surface area contributed by atoms with Crippen LogP contribution in [0.1, 0.15) is 55.2 Å². The number of likely N-dealkylation sites (tertiary alicyclic amines) is 1. The van der Waals surface area contributed by atoms with Crippen LogP contribution in [0.5, 0.6) is 0 Å². The molecule has 2 rings (SSSR count). The van der Waals surface area contributed by atoms with E-state index < -0.39 is 0 Å². The van der Waals surface area contributed by atoms with Crippen molar-refractivity contribution in [2.24, 2.45) is 11.7 Å². The van der Waals surface area contributed by atoms with Gasteiger partial charge in [0.15, 0.2) is 0 Å². The molecule has 0 spiro atoms. The molecule has 2 N–H and O–H groups in total. The summed E-state index contributed by atoms with van der Waals surface area (Å²) in [5, 5.41) is 2.66. The number of amides is 1. The van der Waals surface area contributed by atoms with Gasteiger partial charge in [-0.25, -0.2) is 4.98 Å². The molecule has 1 aliphatic rings. The Morgan fingerprint density at radius 2 is 2.28 bits per heavy atom. The van der Waals surface area contributed by atoms with Gasteiger partial charge >= 0.3 is 0 Å². The zero-order valence-corrected chi connectivity index (χ0v) is 12.0. The van der Waals surface area contributed by atoms with Crippen LogP contribution in [0.15, 0.2) is 5.38 Å². The predicted octanol–water partition coefficient (Wildman–Crippen LogP) is 2.42. The van der Waals surface area contributed by atoms with E-state index in [4.69, 9.17) is 5.73 Å². The molecule has 1 aromatic rings. The normalized spacial score (nSPS) is 21.6. The lowest BCUT2D eigenvalue weighted by Gasteiger charge is -2.27. The van der Waals surface area contributed by atoms with E-state index in [1.165, 1.54) is 11.3 Å². The standard InChI is InChI=1S/C13H21N3OS/c1-8(2)11-5-4-6-16(11)13(17)10-7-18-12(15-10)9(3)14/h7-9,11H,4-6,14H2,1-3H3. The van der Waals surface area contributed by atoms with E-state index in [0.29, 0.717) is 17.7 Å². The lowest BCUT2D eigenvalue weighted by atomic mass is 10.0. The Hall–Kier alpha value is -0.940. The quantitative estimate of drug-likeness (QED) is 0.915. The molecule has 2 heterocycles. The Balaban J connectivity index is 2.15. The van der Waals surface area contributed by atoms with E-state index in [9.17, 15) is 4.79 Å². The van der Waals surface area contributed by atoms with Crippen molar-refractivity contribution in [3.05, 3.63) is 16.1 Å². The molecule has 1 saturated heterocycles. The summed E-state index contributed by atoms with van der Waals surface area (Å²) in [7, 11) is 0. The van der Waals surface area contributed by atoms with Crippen molar-refractivity contribution in [3.63, 3.8) is 0 Å². The fourth-order valence-electron chi connectivity index (χ4n) is 2.48. The first-order chi connectivity index (χ1) is 8.50. The highest BCUT2D eigenvalue weighted by Crippen LogP contribution is 2.26. The number of carbonyl (C=O) groups is 1. The van der Waals surface area contributed by atoms with Crippen molar-refractivity contribution in [3.8, 4) is 0 Å². The zero-order valence-electron chi connectivity index (χ0n) is 11.2. The average Bonchev–Trinajstić information content (AvgIpc) is 2.97. The van der Waals surface area contributed by atoms with Crippen LogP contribution in [-0.4, -0.2) is 28.4 Å². The molecule has 100 valence electrons. The number of hydrogen-bond acceptors (Lipinski definition) is 4. The highest BCUT2D eigenvalue weighted by Gasteiger charge is 2.32. The molecule has 2 atom stereocenters. The van der Waals surface area contributed by atoms with Gasteiger partial charge in [0.25, 0.3) is 5.91 Å². The van der Waals surface area contributed by atoms with Crippen molar-refractivity contribution in [2.75, 3.05) is 6.54 Å². The Morgan fingerprint density at radius 1 is 1.56 bits per heavy atom. The molecule has 0 saturated carbocycles. The maximum absolute atomic E-state index is 12.4. The minimum absolute atomic E-state index is 0.0642. The van der Waals surface area contributed by atoms with Gasteiger partial charge in [0.2, 0.25) is 0 Å². The molecule has 0 aliphatic carbocycles. The molecule has 2 unspecified atom stereocenters. The molecule has 5 heteroatoms. The van der Waals surface area contributed by atoms with Crippen LogP contribution in [0.25, 0.3) is 0 Å². The summed E-state index contributed by atoms with van der Waals surface area (Å²) in [6, 6.07) is 0.258. The molecular formula is C13H21N3OS. The fraction of sp³-hybridized carbons (Fsp3) is 0.692. The van der Waals surface area contributed by atoms with Crippen LogP contribution >= 0.6 is 11.3 Å². The molecule has 1 amide bonds. The monoisotopic (exact) mass is 267 g/mol. The van der Waals surface area contributed by atoms with Crippen LogP contribution in [0.4, 0.5) is 0 Å². The van der Waals surface area contributed by atoms with Gasteiger partial charge in [0.1, 0.15) is 10.7 Å². The lowest BCUT2D eigenvalue weighted by molar-refractivity contribution is 0.0696. The van der Waals surface area contributed by atoms with Gasteiger partial charge < -0.3 is 10.6 Å². The predicted molar refractivity (Wildman–Crippen MR) is 73.6 cm³/mol. The van der Waals surface area contributed by atoms with Gasteiger partial charge in [0.05, 0.1) is 6.04 Å². The Morgan fingerprint density at radius 3 is 2.83 bits per heavy atom. The molecule has 18 heavy (non-hydrogen) atoms. The Bertz CT molecular complexity index is 428. The average molecular weight is 267 g/mol. The first-order valence-corrected chi connectivity index (χ1v) is 7.40. The van der Waals surface area contributed by atoms with E-state index in [-0.39, 0.29) is 11.9 Å². The van der Waals surface area contributed by atoms with Crippen molar-refractivity contribution >= 4 is 17.2 Å². The van der Waals surface area contributed by atoms with Gasteiger partial charge in [-0.15, -0.1) is 11.3 Å². The van der Waals surface area contributed by atoms with Gasteiger partial charge in [-0.05, 0) is 25.7 Å².